The van der Waals surface area contributed by atoms with Crippen molar-refractivity contribution >= 4 is 38.4 Å². The molecule has 0 saturated heterocycles. The molecular formula is C21H22N4O6S2. The molecule has 1 heterocycles. The first-order valence-electron chi connectivity index (χ1n) is 9.80. The molecule has 3 aromatic rings. The van der Waals surface area contributed by atoms with Crippen molar-refractivity contribution in [3.63, 3.8) is 0 Å². The van der Waals surface area contributed by atoms with E-state index < -0.39 is 34.5 Å². The summed E-state index contributed by atoms with van der Waals surface area (Å²) in [5, 5.41) is 17.6. The second-order valence-electron chi connectivity index (χ2n) is 6.67. The topological polar surface area (TPSA) is 147 Å². The lowest BCUT2D eigenvalue weighted by Gasteiger charge is -2.16. The summed E-state index contributed by atoms with van der Waals surface area (Å²) < 4.78 is 32.4. The third kappa shape index (κ3) is 7.27. The molecule has 0 saturated carbocycles. The second kappa shape index (κ2) is 11.4. The van der Waals surface area contributed by atoms with Crippen molar-refractivity contribution in [2.75, 3.05) is 25.0 Å². The van der Waals surface area contributed by atoms with E-state index in [0.29, 0.717) is 18.9 Å². The molecule has 10 nitrogen and oxygen atoms in total. The number of nitrogens with zero attached hydrogens (tertiary/aromatic N) is 1. The van der Waals surface area contributed by atoms with Crippen molar-refractivity contribution in [3.05, 3.63) is 71.7 Å². The Morgan fingerprint density at radius 2 is 1.82 bits per heavy atom. The van der Waals surface area contributed by atoms with E-state index in [4.69, 9.17) is 4.74 Å². The molecule has 1 aromatic heterocycles. The van der Waals surface area contributed by atoms with Crippen LogP contribution in [0.4, 0.5) is 5.13 Å². The molecule has 0 fully saturated rings. The Morgan fingerprint density at radius 3 is 2.45 bits per heavy atom. The molecule has 0 spiro atoms. The van der Waals surface area contributed by atoms with Crippen LogP contribution in [0.5, 0.6) is 5.75 Å². The third-order valence-corrected chi connectivity index (χ3v) is 6.53. The summed E-state index contributed by atoms with van der Waals surface area (Å²) in [6.45, 7) is 0.527. The largest absolute Gasteiger partial charge is 0.492 e. The Bertz CT molecular complexity index is 1150. The first kappa shape index (κ1) is 24.2. The van der Waals surface area contributed by atoms with Crippen LogP contribution >= 0.6 is 11.3 Å². The fourth-order valence-electron chi connectivity index (χ4n) is 2.67. The Kier molecular flexibility index (Phi) is 8.35. The van der Waals surface area contributed by atoms with Gasteiger partial charge in [-0.3, -0.25) is 9.59 Å². The minimum atomic E-state index is -4.06. The molecule has 12 heteroatoms. The molecule has 1 atom stereocenters. The first-order valence-corrected chi connectivity index (χ1v) is 12.2. The lowest BCUT2D eigenvalue weighted by Crippen LogP contribution is -2.48. The van der Waals surface area contributed by atoms with Gasteiger partial charge in [0, 0.05) is 23.7 Å². The highest BCUT2D eigenvalue weighted by Crippen LogP contribution is 2.13. The Morgan fingerprint density at radius 1 is 1.09 bits per heavy atom. The van der Waals surface area contributed by atoms with Crippen LogP contribution in [-0.2, 0) is 14.8 Å². The number of sulfonamides is 1. The van der Waals surface area contributed by atoms with Gasteiger partial charge in [0.15, 0.2) is 5.13 Å². The number of carboxylic acids is 1. The fraction of sp³-hybridized carbons (Fsp3) is 0.190. The van der Waals surface area contributed by atoms with Crippen LogP contribution in [0.3, 0.4) is 0 Å². The zero-order valence-corrected chi connectivity index (χ0v) is 18.9. The van der Waals surface area contributed by atoms with Gasteiger partial charge in [-0.25, -0.2) is 13.4 Å². The summed E-state index contributed by atoms with van der Waals surface area (Å²) in [4.78, 5) is 27.9. The maximum atomic E-state index is 12.4. The van der Waals surface area contributed by atoms with Crippen molar-refractivity contribution in [2.45, 2.75) is 10.9 Å². The summed E-state index contributed by atoms with van der Waals surface area (Å²) in [6.07, 6.45) is 1.70. The molecule has 33 heavy (non-hydrogen) atoms. The average Bonchev–Trinajstić information content (AvgIpc) is 3.34. The predicted molar refractivity (Wildman–Crippen MR) is 123 cm³/mol. The van der Waals surface area contributed by atoms with Crippen LogP contribution in [-0.4, -0.2) is 56.1 Å². The van der Waals surface area contributed by atoms with Gasteiger partial charge in [0.25, 0.3) is 5.91 Å². The normalized spacial score (nSPS) is 12.0. The second-order valence-corrected chi connectivity index (χ2v) is 9.28. The number of carbonyl (C=O) groups excluding carboxylic acids is 1. The number of aliphatic carboxylic acids is 1. The molecule has 0 aliphatic carbocycles. The molecular weight excluding hydrogens is 468 g/mol. The van der Waals surface area contributed by atoms with E-state index in [0.717, 1.165) is 5.13 Å². The number of anilines is 1. The zero-order chi connectivity index (χ0) is 23.7. The highest BCUT2D eigenvalue weighted by molar-refractivity contribution is 7.89. The van der Waals surface area contributed by atoms with Gasteiger partial charge in [0.05, 0.1) is 11.4 Å². The molecule has 174 valence electrons. The lowest BCUT2D eigenvalue weighted by atomic mass is 10.2. The molecule has 4 N–H and O–H groups in total. The van der Waals surface area contributed by atoms with Crippen LogP contribution in [0.25, 0.3) is 0 Å². The lowest BCUT2D eigenvalue weighted by molar-refractivity contribution is -0.138. The molecule has 0 unspecified atom stereocenters. The van der Waals surface area contributed by atoms with Crippen molar-refractivity contribution in [1.29, 1.82) is 0 Å². The van der Waals surface area contributed by atoms with Gasteiger partial charge in [0.1, 0.15) is 18.4 Å². The number of thiazole rings is 1. The van der Waals surface area contributed by atoms with Crippen LogP contribution < -0.4 is 20.1 Å². The van der Waals surface area contributed by atoms with E-state index in [1.54, 1.807) is 24.4 Å². The number of hydrogen-bond acceptors (Lipinski definition) is 8. The molecule has 1 amide bonds. The van der Waals surface area contributed by atoms with Crippen molar-refractivity contribution in [1.82, 2.24) is 15.0 Å². The number of benzene rings is 2. The molecule has 3 rings (SSSR count). The Hall–Kier alpha value is -3.48. The molecule has 0 aliphatic heterocycles. The number of carbonyl (C=O) groups is 2. The Labute approximate surface area is 194 Å². The number of hydrogen-bond donors (Lipinski definition) is 4. The van der Waals surface area contributed by atoms with Crippen molar-refractivity contribution < 1.29 is 27.9 Å². The Balaban J connectivity index is 1.49. The smallest absolute Gasteiger partial charge is 0.323 e. The first-order chi connectivity index (χ1) is 15.8. The number of rotatable bonds is 12. The van der Waals surface area contributed by atoms with Gasteiger partial charge in [0.2, 0.25) is 10.0 Å². The maximum Gasteiger partial charge on any atom is 0.323 e. The quantitative estimate of drug-likeness (QED) is 0.281. The van der Waals surface area contributed by atoms with Crippen molar-refractivity contribution in [3.8, 4) is 5.75 Å². The van der Waals surface area contributed by atoms with Crippen molar-refractivity contribution in [2.24, 2.45) is 0 Å². The van der Waals surface area contributed by atoms with Gasteiger partial charge < -0.3 is 20.5 Å². The SMILES string of the molecule is O=C(NC[C@H](NS(=O)(=O)c1ccccc1)C(=O)O)c1ccc(OCCNc2nccs2)cc1. The molecule has 0 radical (unpaired) electrons. The standard InChI is InChI=1S/C21H22N4O6S2/c26-19(15-6-8-16(9-7-15)31-12-10-22-21-23-11-13-32-21)24-14-18(20(27)28)25-33(29,30)17-4-2-1-3-5-17/h1-9,11,13,18,25H,10,12,14H2,(H,22,23)(H,24,26)(H,27,28)/t18-/m0/s1. The summed E-state index contributed by atoms with van der Waals surface area (Å²) in [6, 6.07) is 12.1. The predicted octanol–water partition coefficient (Wildman–Crippen LogP) is 1.80. The van der Waals surface area contributed by atoms with Gasteiger partial charge in [-0.15, -0.1) is 11.3 Å². The van der Waals surface area contributed by atoms with E-state index in [9.17, 15) is 23.1 Å². The third-order valence-electron chi connectivity index (χ3n) is 4.31. The van der Waals surface area contributed by atoms with Crippen LogP contribution in [0.2, 0.25) is 0 Å². The molecule has 2 aromatic carbocycles. The van der Waals surface area contributed by atoms with Gasteiger partial charge in [-0.1, -0.05) is 18.2 Å². The van der Waals surface area contributed by atoms with Gasteiger partial charge in [-0.2, -0.15) is 4.72 Å². The minimum absolute atomic E-state index is 0.0694. The number of amides is 1. The number of ether oxygens (including phenoxy) is 1. The van der Waals surface area contributed by atoms with Crippen LogP contribution in [0, 0.1) is 0 Å². The monoisotopic (exact) mass is 490 g/mol. The minimum Gasteiger partial charge on any atom is -0.492 e. The van der Waals surface area contributed by atoms with E-state index in [1.807, 2.05) is 5.38 Å². The van der Waals surface area contributed by atoms with E-state index in [2.05, 4.69) is 20.3 Å². The highest BCUT2D eigenvalue weighted by atomic mass is 32.2. The summed E-state index contributed by atoms with van der Waals surface area (Å²) >= 11 is 1.49. The fourth-order valence-corrected chi connectivity index (χ4v) is 4.44. The van der Waals surface area contributed by atoms with Gasteiger partial charge >= 0.3 is 5.97 Å². The number of nitrogens with one attached hydrogen (secondary N) is 3. The van der Waals surface area contributed by atoms with Crippen LogP contribution in [0.15, 0.2) is 71.1 Å². The maximum absolute atomic E-state index is 12.4. The average molecular weight is 491 g/mol. The summed E-state index contributed by atoms with van der Waals surface area (Å²) in [5.41, 5.74) is 0.276. The highest BCUT2D eigenvalue weighted by Gasteiger charge is 2.26. The molecule has 0 aliphatic rings. The number of aromatic nitrogens is 1. The van der Waals surface area contributed by atoms with E-state index in [1.165, 1.54) is 47.7 Å². The van der Waals surface area contributed by atoms with E-state index in [-0.39, 0.29) is 10.5 Å². The number of carboxylic acid groups (broad SMARTS) is 1. The van der Waals surface area contributed by atoms with Crippen LogP contribution in [0.1, 0.15) is 10.4 Å². The summed E-state index contributed by atoms with van der Waals surface area (Å²) in [5.74, 6) is -1.39. The zero-order valence-electron chi connectivity index (χ0n) is 17.3. The van der Waals surface area contributed by atoms with Gasteiger partial charge in [-0.05, 0) is 36.4 Å². The molecule has 0 bridgehead atoms. The van der Waals surface area contributed by atoms with E-state index >= 15 is 0 Å². The summed E-state index contributed by atoms with van der Waals surface area (Å²) in [7, 11) is -4.06.